The van der Waals surface area contributed by atoms with Gasteiger partial charge in [0.25, 0.3) is 11.6 Å². The average Bonchev–Trinajstić information content (AvgIpc) is 2.71. The van der Waals surface area contributed by atoms with Gasteiger partial charge in [0.05, 0.1) is 11.0 Å². The van der Waals surface area contributed by atoms with Crippen LogP contribution in [-0.4, -0.2) is 35.4 Å². The van der Waals surface area contributed by atoms with E-state index in [-0.39, 0.29) is 18.2 Å². The summed E-state index contributed by atoms with van der Waals surface area (Å²) >= 11 is 0. The van der Waals surface area contributed by atoms with Crippen molar-refractivity contribution in [2.24, 2.45) is 11.8 Å². The normalized spacial score (nSPS) is 19.3. The van der Waals surface area contributed by atoms with E-state index < -0.39 is 4.92 Å². The molecule has 0 spiro atoms. The number of nitrogens with one attached hydrogen (secondary N) is 1. The first-order chi connectivity index (χ1) is 14.4. The topological polar surface area (TPSA) is 84.7 Å². The maximum absolute atomic E-state index is 12.0. The molecule has 0 aliphatic carbocycles. The van der Waals surface area contributed by atoms with Gasteiger partial charge in [-0.3, -0.25) is 19.8 Å². The molecule has 1 N–H and O–H groups in total. The zero-order chi connectivity index (χ0) is 21.5. The number of carbonyl (C=O) groups is 1. The average molecular weight is 412 g/mol. The van der Waals surface area contributed by atoms with Crippen LogP contribution in [0.25, 0.3) is 0 Å². The Morgan fingerprint density at radius 2 is 1.80 bits per heavy atom. The molecule has 160 valence electrons. The molecule has 2 aromatic rings. The summed E-state index contributed by atoms with van der Waals surface area (Å²) in [6.45, 7) is 8.10. The monoisotopic (exact) mass is 411 g/mol. The summed E-state index contributed by atoms with van der Waals surface area (Å²) in [6.07, 6.45) is 1.31. The quantitative estimate of drug-likeness (QED) is 0.528. The Labute approximate surface area is 177 Å². The van der Waals surface area contributed by atoms with Gasteiger partial charge in [0, 0.05) is 32.2 Å². The second-order valence-corrected chi connectivity index (χ2v) is 8.28. The zero-order valence-electron chi connectivity index (χ0n) is 17.5. The van der Waals surface area contributed by atoms with Crippen LogP contribution in [0.5, 0.6) is 5.75 Å². The predicted octanol–water partition coefficient (Wildman–Crippen LogP) is 3.77. The molecule has 30 heavy (non-hydrogen) atoms. The van der Waals surface area contributed by atoms with Crippen LogP contribution in [0.15, 0.2) is 48.5 Å². The largest absolute Gasteiger partial charge is 0.484 e. The minimum atomic E-state index is -0.497. The van der Waals surface area contributed by atoms with Crippen molar-refractivity contribution in [2.75, 3.05) is 19.7 Å². The van der Waals surface area contributed by atoms with Gasteiger partial charge in [0.15, 0.2) is 6.61 Å². The van der Waals surface area contributed by atoms with Gasteiger partial charge >= 0.3 is 0 Å². The smallest absolute Gasteiger partial charge is 0.273 e. The Morgan fingerprint density at radius 1 is 1.13 bits per heavy atom. The van der Waals surface area contributed by atoms with E-state index in [4.69, 9.17) is 4.74 Å². The number of hydrogen-bond donors (Lipinski definition) is 1. The van der Waals surface area contributed by atoms with Crippen molar-refractivity contribution in [1.82, 2.24) is 10.2 Å². The number of hydrogen-bond acceptors (Lipinski definition) is 5. The molecule has 0 saturated carbocycles. The lowest BCUT2D eigenvalue weighted by molar-refractivity contribution is -0.384. The summed E-state index contributed by atoms with van der Waals surface area (Å²) < 4.78 is 5.35. The van der Waals surface area contributed by atoms with Crippen LogP contribution in [0, 0.1) is 22.0 Å². The molecule has 1 saturated heterocycles. The van der Waals surface area contributed by atoms with E-state index in [2.05, 4.69) is 36.2 Å². The summed E-state index contributed by atoms with van der Waals surface area (Å²) in [5, 5.41) is 13.6. The summed E-state index contributed by atoms with van der Waals surface area (Å²) in [5.74, 6) is 1.51. The SMILES string of the molecule is CC1CC(C)CN(Cc2ccc(CNC(=O)COc3cccc([N+](=O)[O-])c3)cc2)C1. The van der Waals surface area contributed by atoms with Crippen molar-refractivity contribution in [3.8, 4) is 5.75 Å². The molecule has 2 unspecified atom stereocenters. The van der Waals surface area contributed by atoms with Crippen molar-refractivity contribution in [3.05, 3.63) is 69.8 Å². The van der Waals surface area contributed by atoms with Crippen LogP contribution in [0.1, 0.15) is 31.4 Å². The first kappa shape index (κ1) is 21.8. The van der Waals surface area contributed by atoms with E-state index in [1.807, 2.05) is 12.1 Å². The number of ether oxygens (including phenoxy) is 1. The molecule has 2 aromatic carbocycles. The third-order valence-corrected chi connectivity index (χ3v) is 5.26. The molecule has 1 heterocycles. The van der Waals surface area contributed by atoms with E-state index in [0.717, 1.165) is 37.0 Å². The Kier molecular flexibility index (Phi) is 7.41. The van der Waals surface area contributed by atoms with Crippen LogP contribution < -0.4 is 10.1 Å². The lowest BCUT2D eigenvalue weighted by Crippen LogP contribution is -2.38. The van der Waals surface area contributed by atoms with Gasteiger partial charge < -0.3 is 10.1 Å². The summed E-state index contributed by atoms with van der Waals surface area (Å²) in [6, 6.07) is 14.1. The fraction of sp³-hybridized carbons (Fsp3) is 0.435. The van der Waals surface area contributed by atoms with Crippen molar-refractivity contribution in [1.29, 1.82) is 0 Å². The molecule has 0 bridgehead atoms. The number of nitro benzene ring substituents is 1. The second-order valence-electron chi connectivity index (χ2n) is 8.28. The fourth-order valence-corrected chi connectivity index (χ4v) is 4.03. The van der Waals surface area contributed by atoms with E-state index >= 15 is 0 Å². The number of carbonyl (C=O) groups excluding carboxylic acids is 1. The predicted molar refractivity (Wildman–Crippen MR) is 115 cm³/mol. The standard InChI is InChI=1S/C23H29N3O4/c1-17-10-18(2)14-25(13-17)15-20-8-6-19(7-9-20)12-24-23(27)16-30-22-5-3-4-21(11-22)26(28)29/h3-9,11,17-18H,10,12-16H2,1-2H3,(H,24,27). The molecule has 1 amide bonds. The fourth-order valence-electron chi connectivity index (χ4n) is 4.03. The maximum atomic E-state index is 12.0. The van der Waals surface area contributed by atoms with Crippen molar-refractivity contribution in [2.45, 2.75) is 33.4 Å². The van der Waals surface area contributed by atoms with Gasteiger partial charge in [0.1, 0.15) is 5.75 Å². The van der Waals surface area contributed by atoms with Crippen LogP contribution >= 0.6 is 0 Å². The number of rotatable bonds is 8. The van der Waals surface area contributed by atoms with Gasteiger partial charge in [-0.05, 0) is 35.4 Å². The summed E-state index contributed by atoms with van der Waals surface area (Å²) in [4.78, 5) is 24.8. The zero-order valence-corrected chi connectivity index (χ0v) is 17.5. The van der Waals surface area contributed by atoms with E-state index in [1.54, 1.807) is 6.07 Å². The van der Waals surface area contributed by atoms with E-state index in [1.165, 1.54) is 30.2 Å². The first-order valence-electron chi connectivity index (χ1n) is 10.3. The third-order valence-electron chi connectivity index (χ3n) is 5.26. The summed E-state index contributed by atoms with van der Waals surface area (Å²) in [7, 11) is 0. The lowest BCUT2D eigenvalue weighted by Gasteiger charge is -2.35. The van der Waals surface area contributed by atoms with Crippen molar-refractivity contribution >= 4 is 11.6 Å². The molecular weight excluding hydrogens is 382 g/mol. The Hall–Kier alpha value is -2.93. The first-order valence-corrected chi connectivity index (χ1v) is 10.3. The third kappa shape index (κ3) is 6.56. The highest BCUT2D eigenvalue weighted by atomic mass is 16.6. The molecule has 0 radical (unpaired) electrons. The number of non-ortho nitro benzene ring substituents is 1. The van der Waals surface area contributed by atoms with Gasteiger partial charge in [0.2, 0.25) is 0 Å². The molecular formula is C23H29N3O4. The van der Waals surface area contributed by atoms with E-state index in [0.29, 0.717) is 12.3 Å². The number of piperidine rings is 1. The number of likely N-dealkylation sites (tertiary alicyclic amines) is 1. The van der Waals surface area contributed by atoms with Crippen LogP contribution in [0.2, 0.25) is 0 Å². The maximum Gasteiger partial charge on any atom is 0.273 e. The number of amides is 1. The second kappa shape index (κ2) is 10.2. The van der Waals surface area contributed by atoms with Crippen molar-refractivity contribution in [3.63, 3.8) is 0 Å². The highest BCUT2D eigenvalue weighted by molar-refractivity contribution is 5.77. The highest BCUT2D eigenvalue weighted by Crippen LogP contribution is 2.22. The summed E-state index contributed by atoms with van der Waals surface area (Å²) in [5.41, 5.74) is 2.23. The lowest BCUT2D eigenvalue weighted by atomic mass is 9.91. The molecule has 7 heteroatoms. The Balaban J connectivity index is 1.42. The molecule has 1 aliphatic rings. The molecule has 0 aromatic heterocycles. The van der Waals surface area contributed by atoms with Crippen LogP contribution in [-0.2, 0) is 17.9 Å². The van der Waals surface area contributed by atoms with Gasteiger partial charge in [-0.1, -0.05) is 44.2 Å². The van der Waals surface area contributed by atoms with Crippen LogP contribution in [0.4, 0.5) is 5.69 Å². The van der Waals surface area contributed by atoms with Gasteiger partial charge in [-0.25, -0.2) is 0 Å². The van der Waals surface area contributed by atoms with Crippen molar-refractivity contribution < 1.29 is 14.5 Å². The number of nitro groups is 1. The van der Waals surface area contributed by atoms with E-state index in [9.17, 15) is 14.9 Å². The molecule has 2 atom stereocenters. The Morgan fingerprint density at radius 3 is 2.47 bits per heavy atom. The molecule has 3 rings (SSSR count). The number of nitrogens with zero attached hydrogens (tertiary/aromatic N) is 2. The highest BCUT2D eigenvalue weighted by Gasteiger charge is 2.21. The number of benzene rings is 2. The van der Waals surface area contributed by atoms with Gasteiger partial charge in [-0.15, -0.1) is 0 Å². The van der Waals surface area contributed by atoms with Gasteiger partial charge in [-0.2, -0.15) is 0 Å². The minimum absolute atomic E-state index is 0.0681. The minimum Gasteiger partial charge on any atom is -0.484 e. The molecule has 7 nitrogen and oxygen atoms in total. The van der Waals surface area contributed by atoms with Crippen LogP contribution in [0.3, 0.4) is 0 Å². The Bertz CT molecular complexity index is 859. The molecule has 1 aliphatic heterocycles. The molecule has 1 fully saturated rings.